The van der Waals surface area contributed by atoms with E-state index in [0.717, 1.165) is 27.2 Å². The van der Waals surface area contributed by atoms with Crippen LogP contribution in [0.3, 0.4) is 0 Å². The van der Waals surface area contributed by atoms with Crippen molar-refractivity contribution in [2.75, 3.05) is 18.5 Å². The second-order valence-corrected chi connectivity index (χ2v) is 8.32. The van der Waals surface area contributed by atoms with Gasteiger partial charge in [0.05, 0.1) is 18.1 Å². The van der Waals surface area contributed by atoms with Gasteiger partial charge in [-0.1, -0.05) is 48.5 Å². The average Bonchev–Trinajstić information content (AvgIpc) is 3.53. The summed E-state index contributed by atoms with van der Waals surface area (Å²) in [6.07, 6.45) is -0.571. The fourth-order valence-electron chi connectivity index (χ4n) is 4.72. The molecule has 1 aromatic heterocycles. The molecule has 9 heteroatoms. The lowest BCUT2D eigenvalue weighted by Crippen LogP contribution is -2.40. The van der Waals surface area contributed by atoms with Crippen LogP contribution in [-0.2, 0) is 9.53 Å². The van der Waals surface area contributed by atoms with E-state index in [2.05, 4.69) is 5.32 Å². The largest absolute Gasteiger partial charge is 0.480 e. The van der Waals surface area contributed by atoms with Crippen molar-refractivity contribution < 1.29 is 33.8 Å². The number of likely N-dealkylation sites (tertiary alicyclic amines) is 1. The summed E-state index contributed by atoms with van der Waals surface area (Å²) in [6.45, 7) is -0.0404. The number of amides is 2. The Morgan fingerprint density at radius 1 is 1.03 bits per heavy atom. The van der Waals surface area contributed by atoms with Gasteiger partial charge in [0.2, 0.25) is 5.76 Å². The Morgan fingerprint density at radius 3 is 2.32 bits per heavy atom. The molecule has 3 N–H and O–H groups in total. The zero-order valence-electron chi connectivity index (χ0n) is 18.0. The van der Waals surface area contributed by atoms with Crippen LogP contribution in [0.25, 0.3) is 11.1 Å². The molecule has 2 aliphatic rings. The van der Waals surface area contributed by atoms with E-state index in [9.17, 15) is 24.6 Å². The van der Waals surface area contributed by atoms with Gasteiger partial charge in [0.15, 0.2) is 0 Å². The van der Waals surface area contributed by atoms with Crippen LogP contribution < -0.4 is 5.32 Å². The molecular formula is C25H22N2O7. The molecule has 2 heterocycles. The van der Waals surface area contributed by atoms with Gasteiger partial charge in [-0.15, -0.1) is 0 Å². The predicted octanol–water partition coefficient (Wildman–Crippen LogP) is 3.30. The molecule has 1 saturated heterocycles. The Hall–Kier alpha value is -4.11. The first-order valence-corrected chi connectivity index (χ1v) is 10.9. The summed E-state index contributed by atoms with van der Waals surface area (Å²) in [7, 11) is 0. The number of aliphatic hydroxyl groups is 1. The monoisotopic (exact) mass is 462 g/mol. The Kier molecular flexibility index (Phi) is 5.54. The highest BCUT2D eigenvalue weighted by molar-refractivity contribution is 6.02. The first kappa shape index (κ1) is 21.7. The van der Waals surface area contributed by atoms with Crippen LogP contribution in [-0.4, -0.2) is 58.4 Å². The highest BCUT2D eigenvalue weighted by Crippen LogP contribution is 2.44. The van der Waals surface area contributed by atoms with Crippen LogP contribution in [0.2, 0.25) is 0 Å². The minimum Gasteiger partial charge on any atom is -0.480 e. The summed E-state index contributed by atoms with van der Waals surface area (Å²) in [5, 5.41) is 21.7. The van der Waals surface area contributed by atoms with Crippen molar-refractivity contribution in [2.45, 2.75) is 24.5 Å². The van der Waals surface area contributed by atoms with E-state index in [1.54, 1.807) is 0 Å². The number of anilines is 1. The number of ether oxygens (including phenoxy) is 1. The van der Waals surface area contributed by atoms with Crippen molar-refractivity contribution >= 4 is 23.7 Å². The van der Waals surface area contributed by atoms with E-state index in [4.69, 9.17) is 9.15 Å². The third-order valence-electron chi connectivity index (χ3n) is 6.26. The molecule has 2 aromatic carbocycles. The van der Waals surface area contributed by atoms with E-state index in [1.165, 1.54) is 12.3 Å². The second kappa shape index (κ2) is 8.68. The fraction of sp³-hybridized carbons (Fsp3) is 0.240. The van der Waals surface area contributed by atoms with Crippen LogP contribution in [0.15, 0.2) is 65.3 Å². The van der Waals surface area contributed by atoms with Crippen molar-refractivity contribution in [3.63, 3.8) is 0 Å². The minimum atomic E-state index is -1.22. The lowest BCUT2D eigenvalue weighted by Gasteiger charge is -2.20. The van der Waals surface area contributed by atoms with Crippen molar-refractivity contribution in [3.05, 3.63) is 77.7 Å². The van der Waals surface area contributed by atoms with Crippen LogP contribution >= 0.6 is 0 Å². The van der Waals surface area contributed by atoms with E-state index >= 15 is 0 Å². The maximum absolute atomic E-state index is 12.9. The molecule has 2 atom stereocenters. The molecule has 0 spiro atoms. The van der Waals surface area contributed by atoms with Gasteiger partial charge in [-0.3, -0.25) is 10.1 Å². The summed E-state index contributed by atoms with van der Waals surface area (Å²) in [5.74, 6) is -2.30. The van der Waals surface area contributed by atoms with Crippen LogP contribution in [0.4, 0.5) is 10.5 Å². The van der Waals surface area contributed by atoms with Gasteiger partial charge in [-0.2, -0.15) is 0 Å². The number of hydrogen-bond donors (Lipinski definition) is 3. The highest BCUT2D eigenvalue weighted by Gasteiger charge is 2.41. The third-order valence-corrected chi connectivity index (χ3v) is 6.26. The van der Waals surface area contributed by atoms with Crippen molar-refractivity contribution in [2.24, 2.45) is 0 Å². The number of benzene rings is 2. The number of fused-ring (bicyclic) bond motifs is 3. The Labute approximate surface area is 194 Å². The van der Waals surface area contributed by atoms with Crippen molar-refractivity contribution in [1.82, 2.24) is 4.90 Å². The van der Waals surface area contributed by atoms with Gasteiger partial charge in [0.1, 0.15) is 12.6 Å². The summed E-state index contributed by atoms with van der Waals surface area (Å²) in [4.78, 5) is 37.9. The van der Waals surface area contributed by atoms with E-state index in [1.807, 2.05) is 48.5 Å². The average molecular weight is 462 g/mol. The highest BCUT2D eigenvalue weighted by atomic mass is 16.5. The molecule has 9 nitrogen and oxygen atoms in total. The molecule has 0 radical (unpaired) electrons. The number of aliphatic hydroxyl groups excluding tert-OH is 1. The number of aliphatic carboxylic acids is 1. The normalized spacial score (nSPS) is 18.9. The van der Waals surface area contributed by atoms with Gasteiger partial charge in [-0.05, 0) is 22.3 Å². The lowest BCUT2D eigenvalue weighted by atomic mass is 9.98. The maximum Gasteiger partial charge on any atom is 0.411 e. The number of carbonyl (C=O) groups excluding carboxylic acids is 2. The van der Waals surface area contributed by atoms with Crippen LogP contribution in [0.5, 0.6) is 0 Å². The first-order chi connectivity index (χ1) is 16.4. The van der Waals surface area contributed by atoms with Gasteiger partial charge in [-0.25, -0.2) is 9.59 Å². The SMILES string of the molecule is O=C(Nc1ccoc1C(=O)N1C[C@H](O)C[C@H]1C(=O)O)OCC1c2ccccc2-c2ccccc21. The maximum atomic E-state index is 12.9. The molecule has 1 fully saturated rings. The molecule has 1 aliphatic carbocycles. The Bertz CT molecular complexity index is 1220. The zero-order valence-corrected chi connectivity index (χ0v) is 18.0. The van der Waals surface area contributed by atoms with Crippen molar-refractivity contribution in [1.29, 1.82) is 0 Å². The molecule has 0 unspecified atom stereocenters. The number of nitrogens with zero attached hydrogens (tertiary/aromatic N) is 1. The quantitative estimate of drug-likeness (QED) is 0.530. The number of carbonyl (C=O) groups is 3. The molecule has 3 aromatic rings. The predicted molar refractivity (Wildman–Crippen MR) is 120 cm³/mol. The Morgan fingerprint density at radius 2 is 1.68 bits per heavy atom. The van der Waals surface area contributed by atoms with E-state index in [-0.39, 0.29) is 36.9 Å². The zero-order chi connectivity index (χ0) is 23.8. The number of β-amino-alcohol motifs (C(OH)–C–C–N with tert-alkyl or cyclic N) is 1. The topological polar surface area (TPSA) is 129 Å². The first-order valence-electron chi connectivity index (χ1n) is 10.9. The van der Waals surface area contributed by atoms with Crippen LogP contribution in [0.1, 0.15) is 34.0 Å². The van der Waals surface area contributed by atoms with Crippen LogP contribution in [0, 0.1) is 0 Å². The van der Waals surface area contributed by atoms with Crippen molar-refractivity contribution in [3.8, 4) is 11.1 Å². The molecule has 34 heavy (non-hydrogen) atoms. The second-order valence-electron chi connectivity index (χ2n) is 8.32. The summed E-state index contributed by atoms with van der Waals surface area (Å²) >= 11 is 0. The van der Waals surface area contributed by atoms with Gasteiger partial charge in [0.25, 0.3) is 5.91 Å². The van der Waals surface area contributed by atoms with E-state index in [0.29, 0.717) is 0 Å². The molecular weight excluding hydrogens is 440 g/mol. The standard InChI is InChI=1S/C25H22N2O7/c28-14-11-21(24(30)31)27(12-14)23(29)22-20(9-10-33-22)26-25(32)34-13-19-17-7-3-1-5-15(17)16-6-2-4-8-18(16)19/h1-10,14,19,21,28H,11-13H2,(H,26,32)(H,30,31)/t14-,21+/m1/s1. The molecule has 1 aliphatic heterocycles. The third kappa shape index (κ3) is 3.80. The summed E-state index contributed by atoms with van der Waals surface area (Å²) in [6, 6.07) is 16.1. The van der Waals surface area contributed by atoms with Gasteiger partial charge in [0, 0.05) is 24.9 Å². The smallest absolute Gasteiger partial charge is 0.411 e. The molecule has 174 valence electrons. The number of nitrogens with one attached hydrogen (secondary N) is 1. The lowest BCUT2D eigenvalue weighted by molar-refractivity contribution is -0.141. The number of carboxylic acids is 1. The fourth-order valence-corrected chi connectivity index (χ4v) is 4.72. The number of carboxylic acid groups (broad SMARTS) is 1. The molecule has 5 rings (SSSR count). The molecule has 2 amide bonds. The summed E-state index contributed by atoms with van der Waals surface area (Å²) < 4.78 is 10.7. The Balaban J connectivity index is 1.28. The minimum absolute atomic E-state index is 0.0627. The number of hydrogen-bond acceptors (Lipinski definition) is 6. The summed E-state index contributed by atoms with van der Waals surface area (Å²) in [5.41, 5.74) is 4.42. The molecule has 0 bridgehead atoms. The van der Waals surface area contributed by atoms with Gasteiger partial charge >= 0.3 is 12.1 Å². The van der Waals surface area contributed by atoms with Gasteiger partial charge < -0.3 is 24.3 Å². The van der Waals surface area contributed by atoms with E-state index < -0.39 is 30.1 Å². The number of rotatable bonds is 5. The number of furan rings is 1. The molecule has 0 saturated carbocycles.